The molecular weight excluding hydrogens is 510 g/mol. The van der Waals surface area contributed by atoms with Crippen LogP contribution in [0.4, 0.5) is 14.4 Å². The highest BCUT2D eigenvalue weighted by Gasteiger charge is 2.12. The molecule has 0 aliphatic rings. The van der Waals surface area contributed by atoms with Gasteiger partial charge in [-0.25, -0.2) is 14.4 Å². The molecule has 0 aliphatic carbocycles. The Bertz CT molecular complexity index is 1190. The SMILES string of the molecule is O=C(O)CNC(=O)Oc1ccc(/C=C/c2cc(OC(=O)NCC(=O)O)cc(OC(=O)NCC(=O)O)c2)cc1. The largest absolute Gasteiger partial charge is 0.480 e. The summed E-state index contributed by atoms with van der Waals surface area (Å²) in [5.74, 6) is -3.91. The summed E-state index contributed by atoms with van der Waals surface area (Å²) >= 11 is 0. The van der Waals surface area contributed by atoms with E-state index in [1.54, 1.807) is 24.3 Å². The number of nitrogens with one attached hydrogen (secondary N) is 3. The molecule has 0 fully saturated rings. The van der Waals surface area contributed by atoms with Crippen LogP contribution in [0.3, 0.4) is 0 Å². The zero-order valence-electron chi connectivity index (χ0n) is 19.3. The molecule has 0 atom stereocenters. The van der Waals surface area contributed by atoms with Crippen molar-refractivity contribution in [2.75, 3.05) is 19.6 Å². The van der Waals surface area contributed by atoms with E-state index in [-0.39, 0.29) is 17.2 Å². The molecule has 2 rings (SSSR count). The number of carbonyl (C=O) groups excluding carboxylic acids is 3. The predicted molar refractivity (Wildman–Crippen MR) is 127 cm³/mol. The van der Waals surface area contributed by atoms with Crippen LogP contribution < -0.4 is 30.2 Å². The quantitative estimate of drug-likeness (QED) is 0.226. The minimum atomic E-state index is -1.30. The number of carboxylic acids is 3. The molecule has 200 valence electrons. The number of amides is 3. The molecule has 0 bridgehead atoms. The van der Waals surface area contributed by atoms with Gasteiger partial charge in [0.15, 0.2) is 0 Å². The zero-order valence-corrected chi connectivity index (χ0v) is 19.3. The lowest BCUT2D eigenvalue weighted by molar-refractivity contribution is -0.136. The third-order valence-corrected chi connectivity index (χ3v) is 4.03. The highest BCUT2D eigenvalue weighted by Crippen LogP contribution is 2.25. The van der Waals surface area contributed by atoms with Gasteiger partial charge in [-0.05, 0) is 35.4 Å². The lowest BCUT2D eigenvalue weighted by Crippen LogP contribution is -2.32. The summed E-state index contributed by atoms with van der Waals surface area (Å²) in [6, 6.07) is 9.96. The van der Waals surface area contributed by atoms with Crippen molar-refractivity contribution in [3.63, 3.8) is 0 Å². The first kappa shape index (κ1) is 28.6. The first-order valence-corrected chi connectivity index (χ1v) is 10.5. The number of ether oxygens (including phenoxy) is 3. The molecule has 0 spiro atoms. The van der Waals surface area contributed by atoms with E-state index in [1.807, 2.05) is 16.0 Å². The van der Waals surface area contributed by atoms with Gasteiger partial charge in [-0.3, -0.25) is 14.4 Å². The van der Waals surface area contributed by atoms with Gasteiger partial charge in [0, 0.05) is 6.07 Å². The van der Waals surface area contributed by atoms with Gasteiger partial charge in [0.25, 0.3) is 0 Å². The number of carbonyl (C=O) groups is 6. The maximum absolute atomic E-state index is 11.8. The van der Waals surface area contributed by atoms with Gasteiger partial charge in [-0.2, -0.15) is 0 Å². The van der Waals surface area contributed by atoms with E-state index >= 15 is 0 Å². The smallest absolute Gasteiger partial charge is 0.413 e. The lowest BCUT2D eigenvalue weighted by atomic mass is 10.1. The van der Waals surface area contributed by atoms with E-state index < -0.39 is 55.8 Å². The van der Waals surface area contributed by atoms with Crippen LogP contribution in [0.5, 0.6) is 17.2 Å². The Balaban J connectivity index is 2.16. The summed E-state index contributed by atoms with van der Waals surface area (Å²) < 4.78 is 15.0. The van der Waals surface area contributed by atoms with Crippen molar-refractivity contribution in [2.24, 2.45) is 0 Å². The van der Waals surface area contributed by atoms with Crippen molar-refractivity contribution in [3.05, 3.63) is 53.6 Å². The van der Waals surface area contributed by atoms with Gasteiger partial charge in [-0.15, -0.1) is 0 Å². The van der Waals surface area contributed by atoms with Gasteiger partial charge >= 0.3 is 36.2 Å². The highest BCUT2D eigenvalue weighted by atomic mass is 16.6. The first-order valence-electron chi connectivity index (χ1n) is 10.5. The predicted octanol–water partition coefficient (Wildman–Crippen LogP) is 1.38. The third-order valence-electron chi connectivity index (χ3n) is 4.03. The summed E-state index contributed by atoms with van der Waals surface area (Å²) in [6.07, 6.45) is 0.0291. The molecule has 0 radical (unpaired) electrons. The fourth-order valence-electron chi connectivity index (χ4n) is 2.52. The molecule has 0 aromatic heterocycles. The van der Waals surface area contributed by atoms with Crippen LogP contribution in [0.1, 0.15) is 11.1 Å². The van der Waals surface area contributed by atoms with Gasteiger partial charge in [0.05, 0.1) is 0 Å². The molecule has 0 aliphatic heterocycles. The zero-order chi connectivity index (χ0) is 28.1. The molecule has 3 amide bonds. The van der Waals surface area contributed by atoms with Crippen molar-refractivity contribution in [1.82, 2.24) is 16.0 Å². The van der Waals surface area contributed by atoms with Crippen molar-refractivity contribution >= 4 is 48.3 Å². The van der Waals surface area contributed by atoms with Crippen LogP contribution in [0.2, 0.25) is 0 Å². The average Bonchev–Trinajstić information content (AvgIpc) is 2.84. The summed E-state index contributed by atoms with van der Waals surface area (Å²) in [7, 11) is 0. The second-order valence-electron chi connectivity index (χ2n) is 7.05. The van der Waals surface area contributed by atoms with E-state index in [1.165, 1.54) is 24.3 Å². The van der Waals surface area contributed by atoms with Crippen LogP contribution >= 0.6 is 0 Å². The van der Waals surface area contributed by atoms with Crippen LogP contribution in [0, 0.1) is 0 Å². The summed E-state index contributed by atoms with van der Waals surface area (Å²) in [5, 5.41) is 31.9. The van der Waals surface area contributed by atoms with Crippen LogP contribution in [-0.2, 0) is 14.4 Å². The number of hydrogen-bond donors (Lipinski definition) is 6. The van der Waals surface area contributed by atoms with Gasteiger partial charge in [0.1, 0.15) is 36.9 Å². The normalized spacial score (nSPS) is 10.2. The molecule has 6 N–H and O–H groups in total. The van der Waals surface area contributed by atoms with Crippen molar-refractivity contribution in [1.29, 1.82) is 0 Å². The number of aliphatic carboxylic acids is 3. The summed E-state index contributed by atoms with van der Waals surface area (Å²) in [6.45, 7) is -1.99. The van der Waals surface area contributed by atoms with Crippen LogP contribution in [0.25, 0.3) is 12.2 Å². The third kappa shape index (κ3) is 11.2. The van der Waals surface area contributed by atoms with Crippen molar-refractivity contribution in [2.45, 2.75) is 0 Å². The van der Waals surface area contributed by atoms with E-state index in [4.69, 9.17) is 29.5 Å². The Hall–Kier alpha value is -5.60. The molecule has 2 aromatic carbocycles. The first-order chi connectivity index (χ1) is 18.0. The summed E-state index contributed by atoms with van der Waals surface area (Å²) in [4.78, 5) is 66.9. The number of rotatable bonds is 11. The Morgan fingerprint density at radius 2 is 0.921 bits per heavy atom. The molecule has 0 saturated carbocycles. The standard InChI is InChI=1S/C23H21N3O12/c27-18(28)10-24-21(33)36-15-5-3-13(4-6-15)1-2-14-7-16(37-22(34)25-11-19(29)30)9-17(8-14)38-23(35)26-12-20(31)32/h1-9H,10-12H2,(H,24,33)(H,25,34)(H,26,35)(H,27,28)(H,29,30)(H,31,32)/b2-1+. The van der Waals surface area contributed by atoms with Crippen molar-refractivity contribution in [3.8, 4) is 17.2 Å². The fourth-order valence-corrected chi connectivity index (χ4v) is 2.52. The summed E-state index contributed by atoms with van der Waals surface area (Å²) in [5.41, 5.74) is 0.985. The highest BCUT2D eigenvalue weighted by molar-refractivity contribution is 5.80. The van der Waals surface area contributed by atoms with E-state index in [9.17, 15) is 28.8 Å². The lowest BCUT2D eigenvalue weighted by Gasteiger charge is -2.10. The second-order valence-corrected chi connectivity index (χ2v) is 7.05. The monoisotopic (exact) mass is 531 g/mol. The Kier molecular flexibility index (Phi) is 10.6. The van der Waals surface area contributed by atoms with E-state index in [0.717, 1.165) is 6.07 Å². The molecule has 0 saturated heterocycles. The van der Waals surface area contributed by atoms with Crippen LogP contribution in [-0.4, -0.2) is 71.1 Å². The molecule has 15 nitrogen and oxygen atoms in total. The number of hydrogen-bond acceptors (Lipinski definition) is 9. The average molecular weight is 531 g/mol. The number of carboxylic acid groups (broad SMARTS) is 3. The molecule has 0 heterocycles. The van der Waals surface area contributed by atoms with E-state index in [0.29, 0.717) is 11.1 Å². The Labute approximate surface area is 213 Å². The second kappa shape index (κ2) is 14.1. The maximum atomic E-state index is 11.8. The Morgan fingerprint density at radius 1 is 0.553 bits per heavy atom. The van der Waals surface area contributed by atoms with E-state index in [2.05, 4.69) is 0 Å². The molecular formula is C23H21N3O12. The minimum absolute atomic E-state index is 0.118. The van der Waals surface area contributed by atoms with Crippen LogP contribution in [0.15, 0.2) is 42.5 Å². The number of benzene rings is 2. The molecule has 0 unspecified atom stereocenters. The maximum Gasteiger partial charge on any atom is 0.413 e. The Morgan fingerprint density at radius 3 is 1.32 bits per heavy atom. The van der Waals surface area contributed by atoms with Gasteiger partial charge < -0.3 is 45.5 Å². The topological polar surface area (TPSA) is 227 Å². The fraction of sp³-hybridized carbons (Fsp3) is 0.130. The molecule has 15 heteroatoms. The van der Waals surface area contributed by atoms with Crippen molar-refractivity contribution < 1.29 is 58.3 Å². The molecule has 38 heavy (non-hydrogen) atoms. The minimum Gasteiger partial charge on any atom is -0.480 e. The molecule has 2 aromatic rings. The van der Waals surface area contributed by atoms with Gasteiger partial charge in [-0.1, -0.05) is 24.3 Å². The van der Waals surface area contributed by atoms with Gasteiger partial charge in [0.2, 0.25) is 0 Å².